The fourth-order valence-corrected chi connectivity index (χ4v) is 2.19. The van der Waals surface area contributed by atoms with Crippen LogP contribution in [0.1, 0.15) is 50.4 Å². The summed E-state index contributed by atoms with van der Waals surface area (Å²) in [6.45, 7) is 9.24. The lowest BCUT2D eigenvalue weighted by Gasteiger charge is -2.20. The molecule has 0 amide bonds. The van der Waals surface area contributed by atoms with Crippen molar-refractivity contribution in [3.63, 3.8) is 0 Å². The predicted molar refractivity (Wildman–Crippen MR) is 79.1 cm³/mol. The summed E-state index contributed by atoms with van der Waals surface area (Å²) < 4.78 is 2.12. The zero-order chi connectivity index (χ0) is 14.0. The summed E-state index contributed by atoms with van der Waals surface area (Å²) >= 11 is 0. The lowest BCUT2D eigenvalue weighted by Crippen LogP contribution is -2.31. The van der Waals surface area contributed by atoms with Gasteiger partial charge in [-0.25, -0.2) is 4.98 Å². The SMILES string of the molecule is CC(C)c1ccc(Cn2cncc2C(C)(C)N)cc1. The number of hydrogen-bond acceptors (Lipinski definition) is 2. The number of benzene rings is 1. The van der Waals surface area contributed by atoms with Gasteiger partial charge in [0.2, 0.25) is 0 Å². The van der Waals surface area contributed by atoms with Gasteiger partial charge in [0, 0.05) is 12.7 Å². The van der Waals surface area contributed by atoms with Crippen molar-refractivity contribution < 1.29 is 0 Å². The van der Waals surface area contributed by atoms with Crippen LogP contribution in [0.4, 0.5) is 0 Å². The van der Waals surface area contributed by atoms with E-state index in [4.69, 9.17) is 5.73 Å². The van der Waals surface area contributed by atoms with E-state index >= 15 is 0 Å². The Kier molecular flexibility index (Phi) is 3.76. The number of aromatic nitrogens is 2. The van der Waals surface area contributed by atoms with Gasteiger partial charge in [-0.3, -0.25) is 0 Å². The highest BCUT2D eigenvalue weighted by Gasteiger charge is 2.18. The van der Waals surface area contributed by atoms with Gasteiger partial charge >= 0.3 is 0 Å². The van der Waals surface area contributed by atoms with Crippen molar-refractivity contribution in [1.29, 1.82) is 0 Å². The molecule has 3 nitrogen and oxygen atoms in total. The van der Waals surface area contributed by atoms with Crippen LogP contribution in [0.25, 0.3) is 0 Å². The molecule has 1 aromatic carbocycles. The minimum Gasteiger partial charge on any atom is -0.328 e. The second-order valence-electron chi connectivity index (χ2n) is 6.02. The number of nitrogens with two attached hydrogens (primary N) is 1. The Morgan fingerprint density at radius 3 is 2.37 bits per heavy atom. The van der Waals surface area contributed by atoms with Crippen LogP contribution in [0.2, 0.25) is 0 Å². The Morgan fingerprint density at radius 1 is 1.21 bits per heavy atom. The highest BCUT2D eigenvalue weighted by atomic mass is 15.1. The Balaban J connectivity index is 2.20. The smallest absolute Gasteiger partial charge is 0.0951 e. The summed E-state index contributed by atoms with van der Waals surface area (Å²) in [7, 11) is 0. The normalized spacial score (nSPS) is 12.1. The van der Waals surface area contributed by atoms with Crippen LogP contribution in [0.3, 0.4) is 0 Å². The molecule has 3 heteroatoms. The first-order valence-corrected chi connectivity index (χ1v) is 6.76. The highest BCUT2D eigenvalue weighted by Crippen LogP contribution is 2.19. The minimum atomic E-state index is -0.367. The first kappa shape index (κ1) is 13.8. The topological polar surface area (TPSA) is 43.8 Å². The first-order chi connectivity index (χ1) is 8.88. The van der Waals surface area contributed by atoms with Gasteiger partial charge in [-0.05, 0) is 30.9 Å². The number of imidazole rings is 1. The van der Waals surface area contributed by atoms with E-state index in [2.05, 4.69) is 47.7 Å². The lowest BCUT2D eigenvalue weighted by molar-refractivity contribution is 0.503. The molecule has 19 heavy (non-hydrogen) atoms. The number of rotatable bonds is 4. The highest BCUT2D eigenvalue weighted by molar-refractivity contribution is 5.25. The molecule has 0 radical (unpaired) electrons. The molecule has 0 saturated heterocycles. The van der Waals surface area contributed by atoms with Crippen LogP contribution in [0.15, 0.2) is 36.8 Å². The Hall–Kier alpha value is -1.61. The van der Waals surface area contributed by atoms with Gasteiger partial charge in [-0.2, -0.15) is 0 Å². The van der Waals surface area contributed by atoms with Crippen molar-refractivity contribution >= 4 is 0 Å². The van der Waals surface area contributed by atoms with Crippen molar-refractivity contribution in [2.24, 2.45) is 5.73 Å². The molecule has 1 aromatic heterocycles. The molecule has 0 aliphatic heterocycles. The zero-order valence-corrected chi connectivity index (χ0v) is 12.2. The molecular formula is C16H23N3. The summed E-state index contributed by atoms with van der Waals surface area (Å²) in [5.41, 5.74) is 9.49. The zero-order valence-electron chi connectivity index (χ0n) is 12.2. The van der Waals surface area contributed by atoms with Crippen LogP contribution in [0.5, 0.6) is 0 Å². The second-order valence-corrected chi connectivity index (χ2v) is 6.02. The maximum Gasteiger partial charge on any atom is 0.0951 e. The second kappa shape index (κ2) is 5.17. The predicted octanol–water partition coefficient (Wildman–Crippen LogP) is 3.25. The Bertz CT molecular complexity index is 530. The lowest BCUT2D eigenvalue weighted by atomic mass is 10.0. The van der Waals surface area contributed by atoms with E-state index in [1.54, 1.807) is 0 Å². The van der Waals surface area contributed by atoms with Gasteiger partial charge in [-0.1, -0.05) is 38.1 Å². The average Bonchev–Trinajstić information content (AvgIpc) is 2.77. The van der Waals surface area contributed by atoms with Crippen molar-refractivity contribution in [3.05, 3.63) is 53.6 Å². The third-order valence-electron chi connectivity index (χ3n) is 3.37. The van der Waals surface area contributed by atoms with Crippen LogP contribution in [-0.4, -0.2) is 9.55 Å². The molecular weight excluding hydrogens is 234 g/mol. The molecule has 0 aliphatic rings. The van der Waals surface area contributed by atoms with Crippen molar-refractivity contribution in [2.45, 2.75) is 45.7 Å². The van der Waals surface area contributed by atoms with Gasteiger partial charge in [0.15, 0.2) is 0 Å². The standard InChI is InChI=1S/C16H23N3/c1-12(2)14-7-5-13(6-8-14)10-19-11-18-9-15(19)16(3,4)17/h5-9,11-12H,10,17H2,1-4H3. The van der Waals surface area contributed by atoms with Crippen LogP contribution >= 0.6 is 0 Å². The molecule has 2 N–H and O–H groups in total. The van der Waals surface area contributed by atoms with E-state index in [9.17, 15) is 0 Å². The fourth-order valence-electron chi connectivity index (χ4n) is 2.19. The van der Waals surface area contributed by atoms with Gasteiger partial charge < -0.3 is 10.3 Å². The van der Waals surface area contributed by atoms with Gasteiger partial charge in [-0.15, -0.1) is 0 Å². The molecule has 0 atom stereocenters. The third kappa shape index (κ3) is 3.24. The first-order valence-electron chi connectivity index (χ1n) is 6.76. The summed E-state index contributed by atoms with van der Waals surface area (Å²) in [6, 6.07) is 8.76. The van der Waals surface area contributed by atoms with E-state index in [-0.39, 0.29) is 5.54 Å². The Morgan fingerprint density at radius 2 is 1.84 bits per heavy atom. The number of hydrogen-bond donors (Lipinski definition) is 1. The molecule has 102 valence electrons. The van der Waals surface area contributed by atoms with Gasteiger partial charge in [0.25, 0.3) is 0 Å². The minimum absolute atomic E-state index is 0.367. The van der Waals surface area contributed by atoms with Gasteiger partial charge in [0.05, 0.1) is 17.6 Å². The third-order valence-corrected chi connectivity index (χ3v) is 3.37. The fraction of sp³-hybridized carbons (Fsp3) is 0.438. The van der Waals surface area contributed by atoms with Crippen molar-refractivity contribution in [1.82, 2.24) is 9.55 Å². The molecule has 2 rings (SSSR count). The quantitative estimate of drug-likeness (QED) is 0.913. The molecule has 0 bridgehead atoms. The van der Waals surface area contributed by atoms with Crippen molar-refractivity contribution in [3.8, 4) is 0 Å². The van der Waals surface area contributed by atoms with E-state index in [1.807, 2.05) is 26.4 Å². The summed E-state index contributed by atoms with van der Waals surface area (Å²) in [5.74, 6) is 0.570. The molecule has 0 unspecified atom stereocenters. The largest absolute Gasteiger partial charge is 0.328 e. The van der Waals surface area contributed by atoms with Gasteiger partial charge in [0.1, 0.15) is 0 Å². The maximum absolute atomic E-state index is 6.16. The molecule has 0 aliphatic carbocycles. The van der Waals surface area contributed by atoms with Crippen LogP contribution in [0, 0.1) is 0 Å². The average molecular weight is 257 g/mol. The van der Waals surface area contributed by atoms with Crippen molar-refractivity contribution in [2.75, 3.05) is 0 Å². The molecule has 0 saturated carbocycles. The Labute approximate surface area is 115 Å². The molecule has 0 fully saturated rings. The van der Waals surface area contributed by atoms with E-state index in [0.29, 0.717) is 5.92 Å². The molecule has 2 aromatic rings. The van der Waals surface area contributed by atoms with E-state index in [1.165, 1.54) is 11.1 Å². The summed E-state index contributed by atoms with van der Waals surface area (Å²) in [5, 5.41) is 0. The maximum atomic E-state index is 6.16. The summed E-state index contributed by atoms with van der Waals surface area (Å²) in [4.78, 5) is 4.21. The molecule has 0 spiro atoms. The van der Waals surface area contributed by atoms with E-state index < -0.39 is 0 Å². The van der Waals surface area contributed by atoms with Crippen LogP contribution in [-0.2, 0) is 12.1 Å². The summed E-state index contributed by atoms with van der Waals surface area (Å²) in [6.07, 6.45) is 3.70. The monoisotopic (exact) mass is 257 g/mol. The number of nitrogens with zero attached hydrogens (tertiary/aromatic N) is 2. The van der Waals surface area contributed by atoms with Crippen LogP contribution < -0.4 is 5.73 Å². The van der Waals surface area contributed by atoms with E-state index in [0.717, 1.165) is 12.2 Å². The molecule has 1 heterocycles.